The second-order valence-corrected chi connectivity index (χ2v) is 7.48. The summed E-state index contributed by atoms with van der Waals surface area (Å²) in [5.41, 5.74) is 3.17. The first kappa shape index (κ1) is 19.3. The fraction of sp³-hybridized carbons (Fsp3) is 0.286. The van der Waals surface area contributed by atoms with Crippen LogP contribution in [0.2, 0.25) is 0 Å². The van der Waals surface area contributed by atoms with Gasteiger partial charge in [-0.25, -0.2) is 19.3 Å². The van der Waals surface area contributed by atoms with Crippen molar-refractivity contribution >= 4 is 17.1 Å². The molecule has 1 amide bonds. The summed E-state index contributed by atoms with van der Waals surface area (Å²) >= 11 is 0. The summed E-state index contributed by atoms with van der Waals surface area (Å²) in [6, 6.07) is 4.65. The Balaban J connectivity index is 1.36. The lowest BCUT2D eigenvalue weighted by Crippen LogP contribution is -2.24. The average Bonchev–Trinajstić information content (AvgIpc) is 3.51. The molecule has 1 unspecified atom stereocenters. The molecule has 1 saturated heterocycles. The third kappa shape index (κ3) is 3.89. The van der Waals surface area contributed by atoms with Crippen LogP contribution in [0.5, 0.6) is 0 Å². The number of nitrogens with zero attached hydrogens (tertiary/aromatic N) is 5. The minimum absolute atomic E-state index is 0.122. The zero-order valence-corrected chi connectivity index (χ0v) is 16.8. The standard InChI is InChI=1S/C21H20FN7O2/c1-29-10-14(9-26-29)13-5-12(6-15(22)7-13)8-23-21(30)18-17-20(25-11-24-18)28-19(27-17)16-3-2-4-31-16/h5-7,9-11,16H,2-4,8H2,1H3,(H,23,30)(H,24,25,27,28). The molecule has 10 heteroatoms. The molecule has 1 aliphatic heterocycles. The summed E-state index contributed by atoms with van der Waals surface area (Å²) in [5.74, 6) is -0.139. The predicted octanol–water partition coefficient (Wildman–Crippen LogP) is 2.67. The number of fused-ring (bicyclic) bond motifs is 1. The van der Waals surface area contributed by atoms with Gasteiger partial charge in [-0.15, -0.1) is 0 Å². The number of carbonyl (C=O) groups excluding carboxylic acids is 1. The fourth-order valence-corrected chi connectivity index (χ4v) is 3.72. The average molecular weight is 421 g/mol. The number of H-pyrrole nitrogens is 1. The first-order chi connectivity index (χ1) is 15.1. The number of aromatic nitrogens is 6. The van der Waals surface area contributed by atoms with Crippen molar-refractivity contribution in [2.45, 2.75) is 25.5 Å². The number of carbonyl (C=O) groups is 1. The smallest absolute Gasteiger partial charge is 0.272 e. The summed E-state index contributed by atoms with van der Waals surface area (Å²) in [6.45, 7) is 0.831. The van der Waals surface area contributed by atoms with Crippen LogP contribution < -0.4 is 5.32 Å². The van der Waals surface area contributed by atoms with Crippen LogP contribution in [0, 0.1) is 5.82 Å². The van der Waals surface area contributed by atoms with Crippen molar-refractivity contribution in [3.63, 3.8) is 0 Å². The largest absolute Gasteiger partial charge is 0.370 e. The molecule has 0 saturated carbocycles. The Morgan fingerprint density at radius 2 is 2.23 bits per heavy atom. The zero-order valence-electron chi connectivity index (χ0n) is 16.8. The van der Waals surface area contributed by atoms with Gasteiger partial charge in [-0.1, -0.05) is 0 Å². The Morgan fingerprint density at radius 1 is 1.32 bits per heavy atom. The maximum atomic E-state index is 14.1. The highest BCUT2D eigenvalue weighted by Crippen LogP contribution is 2.28. The van der Waals surface area contributed by atoms with Crippen LogP contribution in [-0.2, 0) is 18.3 Å². The Labute approximate surface area is 176 Å². The number of hydrogen-bond acceptors (Lipinski definition) is 6. The van der Waals surface area contributed by atoms with Crippen molar-refractivity contribution in [1.82, 2.24) is 35.0 Å². The Morgan fingerprint density at radius 3 is 3.00 bits per heavy atom. The normalized spacial score (nSPS) is 16.1. The summed E-state index contributed by atoms with van der Waals surface area (Å²) < 4.78 is 21.4. The van der Waals surface area contributed by atoms with E-state index < -0.39 is 5.91 Å². The van der Waals surface area contributed by atoms with Crippen molar-refractivity contribution in [2.24, 2.45) is 7.05 Å². The molecule has 0 radical (unpaired) electrons. The van der Waals surface area contributed by atoms with Crippen molar-refractivity contribution in [1.29, 1.82) is 0 Å². The van der Waals surface area contributed by atoms with E-state index in [9.17, 15) is 9.18 Å². The van der Waals surface area contributed by atoms with E-state index in [2.05, 4.69) is 30.4 Å². The molecule has 31 heavy (non-hydrogen) atoms. The lowest BCUT2D eigenvalue weighted by Gasteiger charge is -2.08. The molecule has 158 valence electrons. The number of amides is 1. The molecule has 0 bridgehead atoms. The van der Waals surface area contributed by atoms with E-state index >= 15 is 0 Å². The Bertz CT molecular complexity index is 1260. The van der Waals surface area contributed by atoms with E-state index in [-0.39, 0.29) is 24.2 Å². The van der Waals surface area contributed by atoms with Gasteiger partial charge in [-0.2, -0.15) is 5.10 Å². The van der Waals surface area contributed by atoms with E-state index in [1.54, 1.807) is 24.1 Å². The molecule has 4 heterocycles. The maximum Gasteiger partial charge on any atom is 0.272 e. The van der Waals surface area contributed by atoms with E-state index in [4.69, 9.17) is 4.74 Å². The molecule has 0 aliphatic carbocycles. The van der Waals surface area contributed by atoms with Crippen LogP contribution in [-0.4, -0.2) is 42.2 Å². The molecule has 9 nitrogen and oxygen atoms in total. The second kappa shape index (κ2) is 7.88. The van der Waals surface area contributed by atoms with Crippen LogP contribution in [0.3, 0.4) is 0 Å². The number of benzene rings is 1. The van der Waals surface area contributed by atoms with Gasteiger partial charge in [0.15, 0.2) is 11.3 Å². The van der Waals surface area contributed by atoms with Gasteiger partial charge in [-0.05, 0) is 42.2 Å². The number of aryl methyl sites for hydroxylation is 1. The minimum Gasteiger partial charge on any atom is -0.370 e. The van der Waals surface area contributed by atoms with Gasteiger partial charge < -0.3 is 15.0 Å². The van der Waals surface area contributed by atoms with Gasteiger partial charge in [0.25, 0.3) is 5.91 Å². The monoisotopic (exact) mass is 421 g/mol. The number of rotatable bonds is 5. The molecule has 1 aromatic carbocycles. The highest BCUT2D eigenvalue weighted by atomic mass is 19.1. The number of ether oxygens (including phenoxy) is 1. The van der Waals surface area contributed by atoms with Gasteiger partial charge in [-0.3, -0.25) is 9.48 Å². The number of imidazole rings is 1. The maximum absolute atomic E-state index is 14.1. The van der Waals surface area contributed by atoms with Crippen LogP contribution in [0.25, 0.3) is 22.3 Å². The molecule has 3 aromatic heterocycles. The fourth-order valence-electron chi connectivity index (χ4n) is 3.72. The number of nitrogens with one attached hydrogen (secondary N) is 2. The van der Waals surface area contributed by atoms with E-state index in [1.807, 2.05) is 6.07 Å². The third-order valence-corrected chi connectivity index (χ3v) is 5.21. The van der Waals surface area contributed by atoms with Gasteiger partial charge in [0.1, 0.15) is 29.6 Å². The van der Waals surface area contributed by atoms with Crippen LogP contribution in [0.4, 0.5) is 4.39 Å². The van der Waals surface area contributed by atoms with Gasteiger partial charge in [0.05, 0.1) is 6.20 Å². The van der Waals surface area contributed by atoms with Crippen molar-refractivity contribution < 1.29 is 13.9 Å². The zero-order chi connectivity index (χ0) is 21.4. The molecule has 0 spiro atoms. The molecule has 2 N–H and O–H groups in total. The third-order valence-electron chi connectivity index (χ3n) is 5.21. The van der Waals surface area contributed by atoms with Gasteiger partial charge in [0, 0.05) is 32.0 Å². The molecule has 4 aromatic rings. The van der Waals surface area contributed by atoms with Crippen LogP contribution in [0.15, 0.2) is 36.9 Å². The van der Waals surface area contributed by atoms with Crippen molar-refractivity contribution in [2.75, 3.05) is 6.61 Å². The van der Waals surface area contributed by atoms with E-state index in [0.29, 0.717) is 34.7 Å². The highest BCUT2D eigenvalue weighted by molar-refractivity contribution is 6.02. The first-order valence-electron chi connectivity index (χ1n) is 9.96. The van der Waals surface area contributed by atoms with Crippen molar-refractivity contribution in [3.05, 3.63) is 59.8 Å². The second-order valence-electron chi connectivity index (χ2n) is 7.48. The number of halogens is 1. The first-order valence-corrected chi connectivity index (χ1v) is 9.96. The molecule has 1 atom stereocenters. The van der Waals surface area contributed by atoms with E-state index in [1.165, 1.54) is 18.5 Å². The molecular formula is C21H20FN7O2. The van der Waals surface area contributed by atoms with Crippen LogP contribution in [0.1, 0.15) is 40.8 Å². The van der Waals surface area contributed by atoms with Gasteiger partial charge in [0.2, 0.25) is 0 Å². The quantitative estimate of drug-likeness (QED) is 0.513. The van der Waals surface area contributed by atoms with Gasteiger partial charge >= 0.3 is 0 Å². The lowest BCUT2D eigenvalue weighted by molar-refractivity contribution is 0.0947. The SMILES string of the molecule is Cn1cc(-c2cc(F)cc(CNC(=O)c3ncnc4nc(C5CCCO5)[nH]c34)c2)cn1. The minimum atomic E-state index is -0.401. The highest BCUT2D eigenvalue weighted by Gasteiger charge is 2.23. The summed E-state index contributed by atoms with van der Waals surface area (Å²) in [4.78, 5) is 28.7. The lowest BCUT2D eigenvalue weighted by atomic mass is 10.1. The predicted molar refractivity (Wildman–Crippen MR) is 109 cm³/mol. The Hall–Kier alpha value is -3.66. The molecule has 5 rings (SSSR count). The molecule has 1 fully saturated rings. The molecule has 1 aliphatic rings. The van der Waals surface area contributed by atoms with Crippen LogP contribution >= 0.6 is 0 Å². The topological polar surface area (TPSA) is 111 Å². The van der Waals surface area contributed by atoms with E-state index in [0.717, 1.165) is 18.4 Å². The summed E-state index contributed by atoms with van der Waals surface area (Å²) in [6.07, 6.45) is 6.49. The number of aromatic amines is 1. The molecular weight excluding hydrogens is 401 g/mol. The summed E-state index contributed by atoms with van der Waals surface area (Å²) in [7, 11) is 1.80. The van der Waals surface area contributed by atoms with Crippen molar-refractivity contribution in [3.8, 4) is 11.1 Å². The number of hydrogen-bond donors (Lipinski definition) is 2. The summed E-state index contributed by atoms with van der Waals surface area (Å²) in [5, 5.41) is 6.92. The Kier molecular flexibility index (Phi) is 4.91.